The molecule has 4 heteroatoms. The van der Waals surface area contributed by atoms with Crippen LogP contribution in [0.2, 0.25) is 0 Å². The highest BCUT2D eigenvalue weighted by Gasteiger charge is 2.23. The highest BCUT2D eigenvalue weighted by molar-refractivity contribution is 9.02. The Morgan fingerprint density at radius 2 is 0.909 bits per heavy atom. The SMILES string of the molecule is S=P(Sc1ccccc1)(Sc1ccccc1)c1ccccc1. The minimum absolute atomic E-state index is 1.23. The van der Waals surface area contributed by atoms with E-state index < -0.39 is 4.44 Å². The maximum atomic E-state index is 6.17. The van der Waals surface area contributed by atoms with Crippen LogP contribution in [0, 0.1) is 0 Å². The topological polar surface area (TPSA) is 0 Å². The predicted molar refractivity (Wildman–Crippen MR) is 105 cm³/mol. The molecule has 0 bridgehead atoms. The van der Waals surface area contributed by atoms with Crippen LogP contribution in [0.1, 0.15) is 0 Å². The van der Waals surface area contributed by atoms with Gasteiger partial charge in [0.25, 0.3) is 0 Å². The first-order chi connectivity index (χ1) is 10.8. The van der Waals surface area contributed by atoms with Gasteiger partial charge in [-0.2, -0.15) is 0 Å². The summed E-state index contributed by atoms with van der Waals surface area (Å²) in [6, 6.07) is 31.4. The van der Waals surface area contributed by atoms with Crippen LogP contribution in [0.15, 0.2) is 101 Å². The average Bonchev–Trinajstić information content (AvgIpc) is 2.57. The van der Waals surface area contributed by atoms with Crippen molar-refractivity contribution in [3.8, 4) is 0 Å². The molecule has 0 aromatic heterocycles. The number of hydrogen-bond acceptors (Lipinski definition) is 3. The van der Waals surface area contributed by atoms with Crippen LogP contribution < -0.4 is 5.30 Å². The van der Waals surface area contributed by atoms with E-state index in [0.29, 0.717) is 0 Å². The van der Waals surface area contributed by atoms with E-state index in [1.54, 1.807) is 0 Å². The summed E-state index contributed by atoms with van der Waals surface area (Å²) in [5.74, 6) is 0. The first-order valence-electron chi connectivity index (χ1n) is 6.91. The predicted octanol–water partition coefficient (Wildman–Crippen LogP) is 6.21. The number of benzene rings is 3. The molecular formula is C18H15PS3. The van der Waals surface area contributed by atoms with Crippen LogP contribution in [0.5, 0.6) is 0 Å². The molecule has 0 aliphatic heterocycles. The summed E-state index contributed by atoms with van der Waals surface area (Å²) in [4.78, 5) is 2.47. The van der Waals surface area contributed by atoms with E-state index in [2.05, 4.69) is 72.8 Å². The molecule has 0 fully saturated rings. The van der Waals surface area contributed by atoms with Crippen molar-refractivity contribution in [2.75, 3.05) is 0 Å². The normalized spacial score (nSPS) is 11.3. The Hall–Kier alpha value is -0.990. The summed E-state index contributed by atoms with van der Waals surface area (Å²) >= 11 is 9.83. The third-order valence-corrected chi connectivity index (χ3v) is 12.7. The lowest BCUT2D eigenvalue weighted by Crippen LogP contribution is -1.98. The molecule has 3 rings (SSSR count). The van der Waals surface area contributed by atoms with Crippen LogP contribution >= 0.6 is 27.2 Å². The van der Waals surface area contributed by atoms with Gasteiger partial charge in [-0.05, 0) is 24.3 Å². The maximum absolute atomic E-state index is 6.17. The third kappa shape index (κ3) is 4.05. The Balaban J connectivity index is 1.97. The Kier molecular flexibility index (Phi) is 5.43. The van der Waals surface area contributed by atoms with Crippen molar-refractivity contribution in [3.63, 3.8) is 0 Å². The Bertz CT molecular complexity index is 713. The van der Waals surface area contributed by atoms with Gasteiger partial charge in [0.2, 0.25) is 0 Å². The zero-order chi connectivity index (χ0) is 15.3. The molecule has 0 heterocycles. The average molecular weight is 358 g/mol. The summed E-state index contributed by atoms with van der Waals surface area (Å²) < 4.78 is -1.85. The van der Waals surface area contributed by atoms with Gasteiger partial charge in [0.15, 0.2) is 0 Å². The smallest absolute Gasteiger partial charge is 0.0732 e. The Morgan fingerprint density at radius 3 is 1.32 bits per heavy atom. The fourth-order valence-corrected chi connectivity index (χ4v) is 11.5. The summed E-state index contributed by atoms with van der Waals surface area (Å²) in [7, 11) is 0. The highest BCUT2D eigenvalue weighted by atomic mass is 33.2. The Morgan fingerprint density at radius 1 is 0.545 bits per heavy atom. The molecule has 0 radical (unpaired) electrons. The molecule has 0 aliphatic carbocycles. The summed E-state index contributed by atoms with van der Waals surface area (Å²) in [5, 5.41) is 1.26. The van der Waals surface area contributed by atoms with Gasteiger partial charge >= 0.3 is 0 Å². The van der Waals surface area contributed by atoms with Gasteiger partial charge < -0.3 is 0 Å². The first-order valence-corrected chi connectivity index (χ1v) is 12.6. The van der Waals surface area contributed by atoms with Crippen LogP contribution in [0.3, 0.4) is 0 Å². The fraction of sp³-hybridized carbons (Fsp3) is 0. The van der Waals surface area contributed by atoms with Gasteiger partial charge in [-0.25, -0.2) is 0 Å². The molecule has 0 N–H and O–H groups in total. The highest BCUT2D eigenvalue weighted by Crippen LogP contribution is 2.72. The number of rotatable bonds is 5. The largest absolute Gasteiger partial charge is 0.0941 e. The molecular weight excluding hydrogens is 343 g/mol. The fourth-order valence-electron chi connectivity index (χ4n) is 1.97. The summed E-state index contributed by atoms with van der Waals surface area (Å²) in [5.41, 5.74) is 0. The molecule has 0 aliphatic rings. The maximum Gasteiger partial charge on any atom is 0.0941 e. The second-order valence-electron chi connectivity index (χ2n) is 4.64. The lowest BCUT2D eigenvalue weighted by Gasteiger charge is -2.21. The van der Waals surface area contributed by atoms with E-state index in [0.717, 1.165) is 0 Å². The monoisotopic (exact) mass is 358 g/mol. The molecule has 0 spiro atoms. The number of hydrogen-bond donors (Lipinski definition) is 0. The quantitative estimate of drug-likeness (QED) is 0.498. The first kappa shape index (κ1) is 15.9. The second kappa shape index (κ2) is 7.52. The van der Waals surface area contributed by atoms with Crippen molar-refractivity contribution in [1.82, 2.24) is 0 Å². The van der Waals surface area contributed by atoms with E-state index in [1.807, 2.05) is 41.0 Å². The van der Waals surface area contributed by atoms with Gasteiger partial charge in [-0.3, -0.25) is 0 Å². The van der Waals surface area contributed by atoms with E-state index >= 15 is 0 Å². The molecule has 0 nitrogen and oxygen atoms in total. The van der Waals surface area contributed by atoms with Gasteiger partial charge in [0.1, 0.15) is 0 Å². The Labute approximate surface area is 144 Å². The van der Waals surface area contributed by atoms with E-state index in [9.17, 15) is 0 Å². The van der Waals surface area contributed by atoms with Crippen molar-refractivity contribution in [1.29, 1.82) is 0 Å². The van der Waals surface area contributed by atoms with Gasteiger partial charge in [-0.15, -0.1) is 0 Å². The van der Waals surface area contributed by atoms with Crippen molar-refractivity contribution < 1.29 is 0 Å². The zero-order valence-electron chi connectivity index (χ0n) is 11.8. The van der Waals surface area contributed by atoms with Gasteiger partial charge in [0.05, 0.1) is 4.44 Å². The van der Waals surface area contributed by atoms with E-state index in [-0.39, 0.29) is 0 Å². The standard InChI is InChI=1S/C18H15PS3/c20-19(16-10-4-1-5-11-16,21-17-12-6-2-7-13-17)22-18-14-8-3-9-15-18/h1-15H. The molecule has 0 unspecified atom stereocenters. The van der Waals surface area contributed by atoms with Crippen molar-refractivity contribution in [2.45, 2.75) is 9.79 Å². The minimum Gasteiger partial charge on any atom is -0.0732 e. The van der Waals surface area contributed by atoms with Crippen molar-refractivity contribution in [2.24, 2.45) is 0 Å². The molecule has 110 valence electrons. The molecule has 3 aromatic carbocycles. The summed E-state index contributed by atoms with van der Waals surface area (Å²) in [6.07, 6.45) is 0. The molecule has 3 aromatic rings. The molecule has 22 heavy (non-hydrogen) atoms. The lowest BCUT2D eigenvalue weighted by molar-refractivity contribution is 1.48. The van der Waals surface area contributed by atoms with Crippen LogP contribution in [-0.2, 0) is 11.8 Å². The van der Waals surface area contributed by atoms with Crippen LogP contribution in [0.25, 0.3) is 0 Å². The minimum atomic E-state index is -1.85. The van der Waals surface area contributed by atoms with E-state index in [4.69, 9.17) is 11.8 Å². The third-order valence-electron chi connectivity index (χ3n) is 3.01. The summed E-state index contributed by atoms with van der Waals surface area (Å²) in [6.45, 7) is 0. The van der Waals surface area contributed by atoms with Crippen molar-refractivity contribution >= 4 is 44.3 Å². The van der Waals surface area contributed by atoms with Gasteiger partial charge in [0, 0.05) is 15.1 Å². The lowest BCUT2D eigenvalue weighted by atomic mass is 10.4. The van der Waals surface area contributed by atoms with E-state index in [1.165, 1.54) is 15.1 Å². The molecule has 0 amide bonds. The van der Waals surface area contributed by atoms with Crippen LogP contribution in [-0.4, -0.2) is 0 Å². The second-order valence-corrected chi connectivity index (χ2v) is 15.6. The molecule has 0 saturated heterocycles. The molecule has 0 saturated carbocycles. The van der Waals surface area contributed by atoms with Crippen LogP contribution in [0.4, 0.5) is 0 Å². The van der Waals surface area contributed by atoms with Crippen molar-refractivity contribution in [3.05, 3.63) is 91.0 Å². The van der Waals surface area contributed by atoms with Gasteiger partial charge in [-0.1, -0.05) is 101 Å². The zero-order valence-corrected chi connectivity index (χ0v) is 15.2. The molecule has 0 atom stereocenters.